The molecule has 0 fully saturated rings. The van der Waals surface area contributed by atoms with Crippen LogP contribution in [0.25, 0.3) is 10.8 Å². The standard InChI is InChI=1S/C21H25N3O2/c1-4-5-14-24-18-12-11-17(22-19(25)10-7-13-23(2)3)15-8-6-9-16(20(15)18)21(24)26/h6-12H,4-5,13-14H2,1-3H3,(H,22,25)/b10-7+. The second-order valence-corrected chi connectivity index (χ2v) is 6.82. The molecule has 1 heterocycles. The number of anilines is 2. The van der Waals surface area contributed by atoms with Crippen LogP contribution in [0, 0.1) is 0 Å². The lowest BCUT2D eigenvalue weighted by Gasteiger charge is -2.17. The zero-order valence-corrected chi connectivity index (χ0v) is 15.6. The Hall–Kier alpha value is -2.66. The lowest BCUT2D eigenvalue weighted by Crippen LogP contribution is -2.27. The van der Waals surface area contributed by atoms with Gasteiger partial charge in [-0.05, 0) is 38.7 Å². The van der Waals surface area contributed by atoms with Gasteiger partial charge >= 0.3 is 0 Å². The number of likely N-dealkylation sites (N-methyl/N-ethyl adjacent to an activating group) is 1. The van der Waals surface area contributed by atoms with E-state index in [1.165, 1.54) is 0 Å². The number of unbranched alkanes of at least 4 members (excludes halogenated alkanes) is 1. The minimum atomic E-state index is -0.167. The molecule has 2 aromatic carbocycles. The Bertz CT molecular complexity index is 871. The average Bonchev–Trinajstić information content (AvgIpc) is 2.88. The molecule has 136 valence electrons. The first-order valence-electron chi connectivity index (χ1n) is 9.02. The third-order valence-electron chi connectivity index (χ3n) is 4.52. The summed E-state index contributed by atoms with van der Waals surface area (Å²) in [5, 5.41) is 4.78. The fourth-order valence-electron chi connectivity index (χ4n) is 3.24. The highest BCUT2D eigenvalue weighted by atomic mass is 16.2. The van der Waals surface area contributed by atoms with E-state index in [1.807, 2.05) is 60.3 Å². The summed E-state index contributed by atoms with van der Waals surface area (Å²) >= 11 is 0. The number of benzene rings is 2. The fourth-order valence-corrected chi connectivity index (χ4v) is 3.24. The van der Waals surface area contributed by atoms with Gasteiger partial charge in [-0.2, -0.15) is 0 Å². The molecule has 1 aliphatic heterocycles. The highest BCUT2D eigenvalue weighted by molar-refractivity contribution is 6.27. The van der Waals surface area contributed by atoms with Crippen LogP contribution in [0.2, 0.25) is 0 Å². The van der Waals surface area contributed by atoms with Crippen molar-refractivity contribution in [2.75, 3.05) is 37.4 Å². The molecule has 0 aliphatic carbocycles. The summed E-state index contributed by atoms with van der Waals surface area (Å²) in [5.41, 5.74) is 2.39. The van der Waals surface area contributed by atoms with Crippen molar-refractivity contribution in [2.45, 2.75) is 19.8 Å². The molecule has 2 aromatic rings. The van der Waals surface area contributed by atoms with Crippen LogP contribution < -0.4 is 10.2 Å². The summed E-state index contributed by atoms with van der Waals surface area (Å²) in [4.78, 5) is 28.8. The van der Waals surface area contributed by atoms with Gasteiger partial charge in [0.1, 0.15) is 0 Å². The van der Waals surface area contributed by atoms with Gasteiger partial charge in [-0.25, -0.2) is 0 Å². The van der Waals surface area contributed by atoms with Crippen LogP contribution in [0.5, 0.6) is 0 Å². The maximum atomic E-state index is 12.7. The van der Waals surface area contributed by atoms with Crippen LogP contribution in [0.4, 0.5) is 11.4 Å². The van der Waals surface area contributed by atoms with E-state index in [2.05, 4.69) is 12.2 Å². The van der Waals surface area contributed by atoms with Crippen molar-refractivity contribution in [3.8, 4) is 0 Å². The predicted molar refractivity (Wildman–Crippen MR) is 107 cm³/mol. The summed E-state index contributed by atoms with van der Waals surface area (Å²) in [7, 11) is 3.90. The second-order valence-electron chi connectivity index (χ2n) is 6.82. The van der Waals surface area contributed by atoms with E-state index in [9.17, 15) is 9.59 Å². The molecule has 0 saturated heterocycles. The van der Waals surface area contributed by atoms with Gasteiger partial charge in [-0.1, -0.05) is 31.6 Å². The smallest absolute Gasteiger partial charge is 0.258 e. The molecule has 1 N–H and O–H groups in total. The van der Waals surface area contributed by atoms with E-state index < -0.39 is 0 Å². The highest BCUT2D eigenvalue weighted by Crippen LogP contribution is 2.40. The SMILES string of the molecule is CCCCN1C(=O)c2cccc3c(NC(=O)/C=C/CN(C)C)ccc1c23. The van der Waals surface area contributed by atoms with Gasteiger partial charge in [0.25, 0.3) is 5.91 Å². The minimum absolute atomic E-state index is 0.0494. The van der Waals surface area contributed by atoms with Crippen LogP contribution in [0.15, 0.2) is 42.5 Å². The Morgan fingerprint density at radius 3 is 2.77 bits per heavy atom. The first-order chi connectivity index (χ1) is 12.5. The second kappa shape index (κ2) is 7.70. The number of nitrogens with zero attached hydrogens (tertiary/aromatic N) is 2. The summed E-state index contributed by atoms with van der Waals surface area (Å²) in [6.07, 6.45) is 5.38. The molecule has 26 heavy (non-hydrogen) atoms. The van der Waals surface area contributed by atoms with E-state index >= 15 is 0 Å². The molecule has 0 radical (unpaired) electrons. The zero-order valence-electron chi connectivity index (χ0n) is 15.6. The lowest BCUT2D eigenvalue weighted by atomic mass is 10.0. The molecule has 3 rings (SSSR count). The first-order valence-corrected chi connectivity index (χ1v) is 9.02. The monoisotopic (exact) mass is 351 g/mol. The molecule has 0 atom stereocenters. The number of carbonyl (C=O) groups is 2. The Labute approximate surface area is 154 Å². The van der Waals surface area contributed by atoms with E-state index in [4.69, 9.17) is 0 Å². The molecular weight excluding hydrogens is 326 g/mol. The minimum Gasteiger partial charge on any atom is -0.322 e. The number of carbonyl (C=O) groups excluding carboxylic acids is 2. The van der Waals surface area contributed by atoms with Crippen LogP contribution in [0.3, 0.4) is 0 Å². The predicted octanol–water partition coefficient (Wildman–Crippen LogP) is 3.66. The molecule has 1 aliphatic rings. The number of hydrogen-bond donors (Lipinski definition) is 1. The molecule has 0 aromatic heterocycles. The van der Waals surface area contributed by atoms with Gasteiger partial charge in [0.2, 0.25) is 5.91 Å². The maximum absolute atomic E-state index is 12.7. The molecule has 5 heteroatoms. The van der Waals surface area contributed by atoms with Crippen LogP contribution in [-0.4, -0.2) is 43.9 Å². The molecule has 0 spiro atoms. The van der Waals surface area contributed by atoms with Crippen molar-refractivity contribution in [1.82, 2.24) is 4.90 Å². The summed E-state index contributed by atoms with van der Waals surface area (Å²) in [6, 6.07) is 9.52. The molecule has 0 unspecified atom stereocenters. The van der Waals surface area contributed by atoms with Crippen molar-refractivity contribution < 1.29 is 9.59 Å². The Morgan fingerprint density at radius 1 is 1.23 bits per heavy atom. The van der Waals surface area contributed by atoms with Gasteiger partial charge in [-0.15, -0.1) is 0 Å². The molecule has 2 amide bonds. The van der Waals surface area contributed by atoms with Gasteiger partial charge in [-0.3, -0.25) is 9.59 Å². The Kier molecular flexibility index (Phi) is 5.38. The Morgan fingerprint density at radius 2 is 2.04 bits per heavy atom. The third-order valence-corrected chi connectivity index (χ3v) is 4.52. The van der Waals surface area contributed by atoms with E-state index in [0.29, 0.717) is 12.1 Å². The molecule has 0 bridgehead atoms. The number of hydrogen-bond acceptors (Lipinski definition) is 3. The summed E-state index contributed by atoms with van der Waals surface area (Å²) in [5.74, 6) is -0.117. The van der Waals surface area contributed by atoms with Crippen molar-refractivity contribution >= 4 is 34.0 Å². The van der Waals surface area contributed by atoms with Crippen LogP contribution in [-0.2, 0) is 4.79 Å². The van der Waals surface area contributed by atoms with Crippen molar-refractivity contribution in [2.24, 2.45) is 0 Å². The van der Waals surface area contributed by atoms with E-state index in [-0.39, 0.29) is 11.8 Å². The molecule has 5 nitrogen and oxygen atoms in total. The number of nitrogens with one attached hydrogen (secondary N) is 1. The number of rotatable bonds is 7. The average molecular weight is 351 g/mol. The largest absolute Gasteiger partial charge is 0.322 e. The van der Waals surface area contributed by atoms with Crippen LogP contribution >= 0.6 is 0 Å². The maximum Gasteiger partial charge on any atom is 0.258 e. The molecule has 0 saturated carbocycles. The van der Waals surface area contributed by atoms with Crippen molar-refractivity contribution in [1.29, 1.82) is 0 Å². The summed E-state index contributed by atoms with van der Waals surface area (Å²) in [6.45, 7) is 3.54. The lowest BCUT2D eigenvalue weighted by molar-refractivity contribution is -0.111. The van der Waals surface area contributed by atoms with Crippen LogP contribution in [0.1, 0.15) is 30.1 Å². The third kappa shape index (κ3) is 3.48. The van der Waals surface area contributed by atoms with E-state index in [0.717, 1.165) is 41.5 Å². The zero-order chi connectivity index (χ0) is 18.7. The normalized spacial score (nSPS) is 13.4. The quantitative estimate of drug-likeness (QED) is 0.775. The topological polar surface area (TPSA) is 52.7 Å². The van der Waals surface area contributed by atoms with Gasteiger partial charge < -0.3 is 15.1 Å². The highest BCUT2D eigenvalue weighted by Gasteiger charge is 2.29. The fraction of sp³-hybridized carbons (Fsp3) is 0.333. The van der Waals surface area contributed by atoms with E-state index in [1.54, 1.807) is 6.08 Å². The van der Waals surface area contributed by atoms with Crippen molar-refractivity contribution in [3.05, 3.63) is 48.0 Å². The van der Waals surface area contributed by atoms with Gasteiger partial charge in [0.15, 0.2) is 0 Å². The number of amides is 2. The molecular formula is C21H25N3O2. The first kappa shape index (κ1) is 18.1. The summed E-state index contributed by atoms with van der Waals surface area (Å²) < 4.78 is 0. The Balaban J connectivity index is 1.91. The van der Waals surface area contributed by atoms with Gasteiger partial charge in [0.05, 0.1) is 5.69 Å². The van der Waals surface area contributed by atoms with Gasteiger partial charge in [0, 0.05) is 41.2 Å². The van der Waals surface area contributed by atoms with Crippen molar-refractivity contribution in [3.63, 3.8) is 0 Å².